The fourth-order valence-corrected chi connectivity index (χ4v) is 3.14. The summed E-state index contributed by atoms with van der Waals surface area (Å²) in [5.41, 5.74) is 5.43. The molecule has 0 saturated heterocycles. The van der Waals surface area contributed by atoms with Gasteiger partial charge in [0.2, 0.25) is 0 Å². The number of ether oxygens (including phenoxy) is 1. The summed E-state index contributed by atoms with van der Waals surface area (Å²) in [6.07, 6.45) is 2.04. The maximum Gasteiger partial charge on any atom is 0.162 e. The molecule has 4 rings (SSSR count). The van der Waals surface area contributed by atoms with E-state index in [2.05, 4.69) is 46.4 Å². The van der Waals surface area contributed by atoms with E-state index in [1.54, 1.807) is 7.11 Å². The molecule has 2 aromatic carbocycles. The van der Waals surface area contributed by atoms with E-state index in [4.69, 9.17) is 9.72 Å². The predicted octanol–water partition coefficient (Wildman–Crippen LogP) is 4.35. The minimum absolute atomic E-state index is 0.862. The Bertz CT molecular complexity index is 1030. The Labute approximate surface area is 140 Å². The number of nitrogens with zero attached hydrogens (tertiary/aromatic N) is 3. The summed E-state index contributed by atoms with van der Waals surface area (Å²) in [5.74, 6) is 1.80. The number of imidazole rings is 1. The maximum absolute atomic E-state index is 5.35. The Hall–Kier alpha value is -3.01. The van der Waals surface area contributed by atoms with E-state index in [-0.39, 0.29) is 0 Å². The fourth-order valence-electron chi connectivity index (χ4n) is 3.14. The van der Waals surface area contributed by atoms with Crippen molar-refractivity contribution in [3.8, 4) is 23.0 Å². The minimum Gasteiger partial charge on any atom is -0.497 e. The molecule has 0 amide bonds. The molecule has 0 unspecified atom stereocenters. The average Bonchev–Trinajstić information content (AvgIpc) is 3.18. The Balaban J connectivity index is 2.05. The third kappa shape index (κ3) is 2.19. The summed E-state index contributed by atoms with van der Waals surface area (Å²) in [5, 5.41) is 0. The van der Waals surface area contributed by atoms with Gasteiger partial charge < -0.3 is 9.30 Å². The molecule has 4 nitrogen and oxygen atoms in total. The molecule has 2 heterocycles. The van der Waals surface area contributed by atoms with E-state index >= 15 is 0 Å². The summed E-state index contributed by atoms with van der Waals surface area (Å²) in [4.78, 5) is 4.89. The number of hydrogen-bond acceptors (Lipinski definition) is 2. The Kier molecular flexibility index (Phi) is 3.38. The van der Waals surface area contributed by atoms with E-state index in [9.17, 15) is 0 Å². The number of aryl methyl sites for hydroxylation is 2. The van der Waals surface area contributed by atoms with Gasteiger partial charge in [0.1, 0.15) is 5.75 Å². The maximum atomic E-state index is 5.35. The van der Waals surface area contributed by atoms with Crippen molar-refractivity contribution in [3.63, 3.8) is 0 Å². The van der Waals surface area contributed by atoms with Crippen LogP contribution in [0.25, 0.3) is 28.2 Å². The fraction of sp³-hybridized carbons (Fsp3) is 0.150. The Morgan fingerprint density at radius 3 is 2.54 bits per heavy atom. The van der Waals surface area contributed by atoms with Gasteiger partial charge in [-0.1, -0.05) is 12.1 Å². The predicted molar refractivity (Wildman–Crippen MR) is 96.8 cm³/mol. The Morgan fingerprint density at radius 1 is 1.00 bits per heavy atom. The standard InChI is InChI=1S/C20H19N3O/c1-14-13-15(24-3)10-11-17(14)23-18-8-5-4-7-16(18)21-20(23)19-9-6-12-22(19)2/h4-13H,1-3H3. The van der Waals surface area contributed by atoms with Crippen LogP contribution in [0.3, 0.4) is 0 Å². The SMILES string of the molecule is COc1ccc(-n2c(-c3cccn3C)nc3ccccc32)c(C)c1. The second kappa shape index (κ2) is 5.57. The highest BCUT2D eigenvalue weighted by Crippen LogP contribution is 2.31. The van der Waals surface area contributed by atoms with Crippen molar-refractivity contribution in [3.05, 3.63) is 66.4 Å². The second-order valence-electron chi connectivity index (χ2n) is 5.92. The lowest BCUT2D eigenvalue weighted by Gasteiger charge is -2.14. The zero-order chi connectivity index (χ0) is 16.7. The number of hydrogen-bond donors (Lipinski definition) is 0. The molecule has 0 saturated carbocycles. The lowest BCUT2D eigenvalue weighted by Crippen LogP contribution is -2.02. The second-order valence-corrected chi connectivity index (χ2v) is 5.92. The Morgan fingerprint density at radius 2 is 1.83 bits per heavy atom. The number of para-hydroxylation sites is 2. The van der Waals surface area contributed by atoms with Crippen LogP contribution in [0.2, 0.25) is 0 Å². The first-order chi connectivity index (χ1) is 11.7. The normalized spacial score (nSPS) is 11.1. The quantitative estimate of drug-likeness (QED) is 0.563. The van der Waals surface area contributed by atoms with Gasteiger partial charge in [0, 0.05) is 13.2 Å². The first-order valence-corrected chi connectivity index (χ1v) is 7.93. The molecule has 0 bridgehead atoms. The monoisotopic (exact) mass is 317 g/mol. The van der Waals surface area contributed by atoms with E-state index in [0.29, 0.717) is 0 Å². The molecule has 0 fully saturated rings. The van der Waals surface area contributed by atoms with Crippen molar-refractivity contribution >= 4 is 11.0 Å². The largest absolute Gasteiger partial charge is 0.497 e. The van der Waals surface area contributed by atoms with Crippen LogP contribution in [0.1, 0.15) is 5.56 Å². The minimum atomic E-state index is 0.862. The lowest BCUT2D eigenvalue weighted by atomic mass is 10.1. The highest BCUT2D eigenvalue weighted by molar-refractivity contribution is 5.83. The van der Waals surface area contributed by atoms with Gasteiger partial charge in [-0.05, 0) is 55.0 Å². The molecule has 0 radical (unpaired) electrons. The summed E-state index contributed by atoms with van der Waals surface area (Å²) in [6.45, 7) is 2.10. The number of aromatic nitrogens is 3. The molecule has 0 aliphatic heterocycles. The average molecular weight is 317 g/mol. The van der Waals surface area contributed by atoms with Crippen LogP contribution in [0.15, 0.2) is 60.8 Å². The van der Waals surface area contributed by atoms with Crippen molar-refractivity contribution in [2.45, 2.75) is 6.92 Å². The lowest BCUT2D eigenvalue weighted by molar-refractivity contribution is 0.414. The first-order valence-electron chi connectivity index (χ1n) is 7.93. The van der Waals surface area contributed by atoms with Gasteiger partial charge in [0.05, 0.1) is 29.5 Å². The van der Waals surface area contributed by atoms with Gasteiger partial charge in [-0.3, -0.25) is 4.57 Å². The molecule has 4 heteroatoms. The third-order valence-corrected chi connectivity index (χ3v) is 4.38. The third-order valence-electron chi connectivity index (χ3n) is 4.38. The summed E-state index contributed by atoms with van der Waals surface area (Å²) >= 11 is 0. The van der Waals surface area contributed by atoms with Crippen LogP contribution in [-0.2, 0) is 7.05 Å². The smallest absolute Gasteiger partial charge is 0.162 e. The number of methoxy groups -OCH3 is 1. The zero-order valence-corrected chi connectivity index (χ0v) is 14.0. The van der Waals surface area contributed by atoms with Gasteiger partial charge >= 0.3 is 0 Å². The van der Waals surface area contributed by atoms with Crippen LogP contribution in [0, 0.1) is 6.92 Å². The van der Waals surface area contributed by atoms with Crippen molar-refractivity contribution in [1.82, 2.24) is 14.1 Å². The summed E-state index contributed by atoms with van der Waals surface area (Å²) < 4.78 is 9.66. The van der Waals surface area contributed by atoms with E-state index < -0.39 is 0 Å². The van der Waals surface area contributed by atoms with Crippen LogP contribution in [0.5, 0.6) is 5.75 Å². The van der Waals surface area contributed by atoms with Crippen molar-refractivity contribution < 1.29 is 4.74 Å². The molecule has 0 atom stereocenters. The van der Waals surface area contributed by atoms with Crippen LogP contribution < -0.4 is 4.74 Å². The van der Waals surface area contributed by atoms with Gasteiger partial charge in [0.15, 0.2) is 5.82 Å². The highest BCUT2D eigenvalue weighted by Gasteiger charge is 2.17. The molecule has 120 valence electrons. The molecule has 0 N–H and O–H groups in total. The van der Waals surface area contributed by atoms with Gasteiger partial charge in [0.25, 0.3) is 0 Å². The van der Waals surface area contributed by atoms with Gasteiger partial charge in [-0.25, -0.2) is 4.98 Å². The molecule has 2 aromatic heterocycles. The van der Waals surface area contributed by atoms with E-state index in [1.807, 2.05) is 37.5 Å². The highest BCUT2D eigenvalue weighted by atomic mass is 16.5. The van der Waals surface area contributed by atoms with Crippen molar-refractivity contribution in [2.75, 3.05) is 7.11 Å². The van der Waals surface area contributed by atoms with Crippen molar-refractivity contribution in [2.24, 2.45) is 7.05 Å². The molecule has 0 spiro atoms. The van der Waals surface area contributed by atoms with Gasteiger partial charge in [-0.2, -0.15) is 0 Å². The van der Waals surface area contributed by atoms with E-state index in [0.717, 1.165) is 39.6 Å². The zero-order valence-electron chi connectivity index (χ0n) is 14.0. The van der Waals surface area contributed by atoms with E-state index in [1.165, 1.54) is 0 Å². The molecule has 24 heavy (non-hydrogen) atoms. The molecule has 0 aliphatic rings. The first kappa shape index (κ1) is 14.6. The molecule has 0 aliphatic carbocycles. The molecular weight excluding hydrogens is 298 g/mol. The topological polar surface area (TPSA) is 32.0 Å². The van der Waals surface area contributed by atoms with Gasteiger partial charge in [-0.15, -0.1) is 0 Å². The van der Waals surface area contributed by atoms with Crippen LogP contribution in [0.4, 0.5) is 0 Å². The van der Waals surface area contributed by atoms with Crippen LogP contribution >= 0.6 is 0 Å². The number of benzene rings is 2. The summed E-state index contributed by atoms with van der Waals surface area (Å²) in [6, 6.07) is 18.5. The van der Waals surface area contributed by atoms with Crippen molar-refractivity contribution in [1.29, 1.82) is 0 Å². The molecular formula is C20H19N3O. The number of rotatable bonds is 3. The van der Waals surface area contributed by atoms with Crippen LogP contribution in [-0.4, -0.2) is 21.2 Å². The number of fused-ring (bicyclic) bond motifs is 1. The molecule has 4 aromatic rings. The summed E-state index contributed by atoms with van der Waals surface area (Å²) in [7, 11) is 3.73.